The Balaban J connectivity index is 1.35. The standard InChI is InChI=1S/C26H22N4O3/c1-33-24-9-7-16-4-2-3-5-19(16)20(24)10-11-27-25-14-22(28-15-29-25)23-13-18-12-17(26(31)32)6-8-21(18)30-23/h2-9,12-15,30H,10-11H2,1H3,(H,31,32)(H,27,28,29). The summed E-state index contributed by atoms with van der Waals surface area (Å²) in [5, 5.41) is 15.8. The monoisotopic (exact) mass is 438 g/mol. The summed E-state index contributed by atoms with van der Waals surface area (Å²) in [5.74, 6) is 0.637. The second-order valence-electron chi connectivity index (χ2n) is 7.72. The van der Waals surface area contributed by atoms with Crippen LogP contribution >= 0.6 is 0 Å². The number of hydrogen-bond acceptors (Lipinski definition) is 5. The fraction of sp³-hybridized carbons (Fsp3) is 0.115. The molecule has 2 aromatic heterocycles. The maximum atomic E-state index is 11.2. The van der Waals surface area contributed by atoms with E-state index in [-0.39, 0.29) is 5.56 Å². The van der Waals surface area contributed by atoms with Gasteiger partial charge in [0, 0.05) is 29.1 Å². The molecule has 0 aliphatic heterocycles. The van der Waals surface area contributed by atoms with Crippen LogP contribution in [0.1, 0.15) is 15.9 Å². The molecule has 33 heavy (non-hydrogen) atoms. The van der Waals surface area contributed by atoms with Gasteiger partial charge in [0.1, 0.15) is 17.9 Å². The van der Waals surface area contributed by atoms with Crippen LogP contribution in [-0.2, 0) is 6.42 Å². The Labute approximate surface area is 190 Å². The van der Waals surface area contributed by atoms with Gasteiger partial charge < -0.3 is 20.1 Å². The summed E-state index contributed by atoms with van der Waals surface area (Å²) in [7, 11) is 1.69. The number of methoxy groups -OCH3 is 1. The Morgan fingerprint density at radius 1 is 1.03 bits per heavy atom. The van der Waals surface area contributed by atoms with E-state index in [1.54, 1.807) is 25.3 Å². The second-order valence-corrected chi connectivity index (χ2v) is 7.72. The normalized spacial score (nSPS) is 11.1. The Hall–Kier alpha value is -4.39. The molecular formula is C26H22N4O3. The number of nitrogens with zero attached hydrogens (tertiary/aromatic N) is 2. The molecule has 0 radical (unpaired) electrons. The van der Waals surface area contributed by atoms with Crippen molar-refractivity contribution in [1.82, 2.24) is 15.0 Å². The largest absolute Gasteiger partial charge is 0.496 e. The number of aromatic nitrogens is 3. The lowest BCUT2D eigenvalue weighted by molar-refractivity contribution is 0.0697. The average Bonchev–Trinajstić information content (AvgIpc) is 3.28. The van der Waals surface area contributed by atoms with E-state index in [1.807, 2.05) is 30.3 Å². The van der Waals surface area contributed by atoms with Crippen molar-refractivity contribution in [2.24, 2.45) is 0 Å². The molecular weight excluding hydrogens is 416 g/mol. The third kappa shape index (κ3) is 4.08. The predicted octanol–water partition coefficient (Wildman–Crippen LogP) is 5.14. The first-order valence-electron chi connectivity index (χ1n) is 10.6. The van der Waals surface area contributed by atoms with Crippen molar-refractivity contribution >= 4 is 33.5 Å². The molecule has 0 saturated heterocycles. The minimum atomic E-state index is -0.948. The number of H-pyrrole nitrogens is 1. The van der Waals surface area contributed by atoms with E-state index >= 15 is 0 Å². The van der Waals surface area contributed by atoms with E-state index in [1.165, 1.54) is 17.1 Å². The van der Waals surface area contributed by atoms with E-state index < -0.39 is 5.97 Å². The van der Waals surface area contributed by atoms with E-state index in [0.29, 0.717) is 12.4 Å². The Morgan fingerprint density at radius 2 is 1.91 bits per heavy atom. The van der Waals surface area contributed by atoms with Crippen molar-refractivity contribution in [1.29, 1.82) is 0 Å². The minimum absolute atomic E-state index is 0.252. The van der Waals surface area contributed by atoms with Gasteiger partial charge >= 0.3 is 5.97 Å². The van der Waals surface area contributed by atoms with Crippen LogP contribution in [0.15, 0.2) is 73.1 Å². The number of benzene rings is 3. The van der Waals surface area contributed by atoms with Gasteiger partial charge in [-0.1, -0.05) is 30.3 Å². The first kappa shape index (κ1) is 20.5. The third-order valence-electron chi connectivity index (χ3n) is 5.71. The maximum absolute atomic E-state index is 11.2. The van der Waals surface area contributed by atoms with Gasteiger partial charge in [-0.2, -0.15) is 0 Å². The molecule has 0 unspecified atom stereocenters. The van der Waals surface area contributed by atoms with Crippen LogP contribution in [0.25, 0.3) is 33.1 Å². The molecule has 5 aromatic rings. The molecule has 7 heteroatoms. The highest BCUT2D eigenvalue weighted by molar-refractivity contribution is 5.95. The van der Waals surface area contributed by atoms with Gasteiger partial charge in [-0.25, -0.2) is 14.8 Å². The van der Waals surface area contributed by atoms with E-state index in [0.717, 1.165) is 40.0 Å². The Kier molecular flexibility index (Phi) is 5.36. The predicted molar refractivity (Wildman–Crippen MR) is 129 cm³/mol. The molecule has 5 rings (SSSR count). The Bertz CT molecular complexity index is 1480. The molecule has 0 atom stereocenters. The molecule has 3 N–H and O–H groups in total. The van der Waals surface area contributed by atoms with E-state index in [2.05, 4.69) is 38.5 Å². The summed E-state index contributed by atoms with van der Waals surface area (Å²) in [6.45, 7) is 0.676. The van der Waals surface area contributed by atoms with Crippen LogP contribution in [-0.4, -0.2) is 39.7 Å². The fourth-order valence-electron chi connectivity index (χ4n) is 4.09. The minimum Gasteiger partial charge on any atom is -0.496 e. The van der Waals surface area contributed by atoms with Crippen molar-refractivity contribution in [3.8, 4) is 17.1 Å². The summed E-state index contributed by atoms with van der Waals surface area (Å²) in [6, 6.07) is 21.1. The van der Waals surface area contributed by atoms with Crippen molar-refractivity contribution in [2.75, 3.05) is 19.0 Å². The molecule has 3 aromatic carbocycles. The van der Waals surface area contributed by atoms with Gasteiger partial charge in [-0.3, -0.25) is 0 Å². The van der Waals surface area contributed by atoms with Crippen LogP contribution in [0.4, 0.5) is 5.82 Å². The smallest absolute Gasteiger partial charge is 0.335 e. The lowest BCUT2D eigenvalue weighted by Crippen LogP contribution is -2.08. The lowest BCUT2D eigenvalue weighted by atomic mass is 10.0. The van der Waals surface area contributed by atoms with Gasteiger partial charge in [-0.05, 0) is 47.5 Å². The highest BCUT2D eigenvalue weighted by Crippen LogP contribution is 2.29. The molecule has 0 fully saturated rings. The van der Waals surface area contributed by atoms with Crippen molar-refractivity contribution in [3.63, 3.8) is 0 Å². The maximum Gasteiger partial charge on any atom is 0.335 e. The van der Waals surface area contributed by atoms with Crippen molar-refractivity contribution in [2.45, 2.75) is 6.42 Å². The number of carboxylic acids is 1. The third-order valence-corrected chi connectivity index (χ3v) is 5.71. The number of carboxylic acid groups (broad SMARTS) is 1. The SMILES string of the molecule is COc1ccc2ccccc2c1CCNc1cc(-c2cc3cc(C(=O)O)ccc3[nH]2)ncn1. The molecule has 0 amide bonds. The number of hydrogen-bond donors (Lipinski definition) is 3. The van der Waals surface area contributed by atoms with Crippen molar-refractivity contribution in [3.05, 3.63) is 84.2 Å². The number of ether oxygens (including phenoxy) is 1. The zero-order chi connectivity index (χ0) is 22.8. The number of rotatable bonds is 7. The van der Waals surface area contributed by atoms with Crippen molar-refractivity contribution < 1.29 is 14.6 Å². The number of aromatic carboxylic acids is 1. The highest BCUT2D eigenvalue weighted by atomic mass is 16.5. The molecule has 0 spiro atoms. The summed E-state index contributed by atoms with van der Waals surface area (Å²) in [4.78, 5) is 23.3. The van der Waals surface area contributed by atoms with Gasteiger partial charge in [-0.15, -0.1) is 0 Å². The molecule has 164 valence electrons. The summed E-state index contributed by atoms with van der Waals surface area (Å²) in [5.41, 5.74) is 3.78. The molecule has 0 bridgehead atoms. The van der Waals surface area contributed by atoms with Crippen LogP contribution in [0.5, 0.6) is 5.75 Å². The molecule has 0 aliphatic rings. The summed E-state index contributed by atoms with van der Waals surface area (Å²) in [6.07, 6.45) is 2.29. The topological polar surface area (TPSA) is 100 Å². The molecule has 0 saturated carbocycles. The van der Waals surface area contributed by atoms with E-state index in [9.17, 15) is 9.90 Å². The van der Waals surface area contributed by atoms with Gasteiger partial charge in [0.25, 0.3) is 0 Å². The first-order chi connectivity index (χ1) is 16.1. The van der Waals surface area contributed by atoms with Crippen LogP contribution in [0.2, 0.25) is 0 Å². The van der Waals surface area contributed by atoms with Crippen LogP contribution in [0.3, 0.4) is 0 Å². The number of anilines is 1. The number of nitrogens with one attached hydrogen (secondary N) is 2. The summed E-state index contributed by atoms with van der Waals surface area (Å²) >= 11 is 0. The zero-order valence-corrected chi connectivity index (χ0v) is 18.0. The van der Waals surface area contributed by atoms with Crippen LogP contribution < -0.4 is 10.1 Å². The average molecular weight is 438 g/mol. The fourth-order valence-corrected chi connectivity index (χ4v) is 4.09. The molecule has 0 aliphatic carbocycles. The van der Waals surface area contributed by atoms with E-state index in [4.69, 9.17) is 4.74 Å². The van der Waals surface area contributed by atoms with Crippen LogP contribution in [0, 0.1) is 0 Å². The number of fused-ring (bicyclic) bond motifs is 2. The zero-order valence-electron chi connectivity index (χ0n) is 18.0. The van der Waals surface area contributed by atoms with Gasteiger partial charge in [0.05, 0.1) is 24.1 Å². The van der Waals surface area contributed by atoms with Gasteiger partial charge in [0.2, 0.25) is 0 Å². The summed E-state index contributed by atoms with van der Waals surface area (Å²) < 4.78 is 5.59. The highest BCUT2D eigenvalue weighted by Gasteiger charge is 2.11. The molecule has 7 nitrogen and oxygen atoms in total. The Morgan fingerprint density at radius 3 is 2.76 bits per heavy atom. The first-order valence-corrected chi connectivity index (χ1v) is 10.6. The molecule has 2 heterocycles. The number of aromatic amines is 1. The number of carbonyl (C=O) groups is 1. The lowest BCUT2D eigenvalue weighted by Gasteiger charge is -2.13. The van der Waals surface area contributed by atoms with Gasteiger partial charge in [0.15, 0.2) is 0 Å². The quantitative estimate of drug-likeness (QED) is 0.325. The second kappa shape index (κ2) is 8.63.